The number of hydrogen-bond donors (Lipinski definition) is 1. The summed E-state index contributed by atoms with van der Waals surface area (Å²) in [6, 6.07) is 6.88. The van der Waals surface area contributed by atoms with E-state index in [4.69, 9.17) is 0 Å². The van der Waals surface area contributed by atoms with Gasteiger partial charge in [0.05, 0.1) is 17.1 Å². The van der Waals surface area contributed by atoms with Crippen LogP contribution in [0.3, 0.4) is 0 Å². The molecule has 1 amide bonds. The minimum atomic E-state index is -3.48. The molecule has 9 heteroatoms. The standard InChI is InChI=1S/C17H22N4O3S2/c1-13-3-5-15(6-4-13)26(23,24)21-9-7-20(8-10-21)11-16(22)19-17-18-14(2)12-25-17/h3-6,12H,7-11H2,1-2H3,(H,18,19,22). The molecule has 1 fully saturated rings. The van der Waals surface area contributed by atoms with Gasteiger partial charge in [0.2, 0.25) is 15.9 Å². The second-order valence-electron chi connectivity index (χ2n) is 6.34. The number of carbonyl (C=O) groups is 1. The van der Waals surface area contributed by atoms with E-state index in [0.717, 1.165) is 11.3 Å². The van der Waals surface area contributed by atoms with Crippen LogP contribution in [0.15, 0.2) is 34.5 Å². The topological polar surface area (TPSA) is 82.6 Å². The zero-order chi connectivity index (χ0) is 18.7. The molecule has 26 heavy (non-hydrogen) atoms. The third kappa shape index (κ3) is 4.47. The summed E-state index contributed by atoms with van der Waals surface area (Å²) in [5, 5.41) is 5.25. The van der Waals surface area contributed by atoms with Crippen molar-refractivity contribution in [2.45, 2.75) is 18.7 Å². The van der Waals surface area contributed by atoms with E-state index in [1.165, 1.54) is 15.6 Å². The summed E-state index contributed by atoms with van der Waals surface area (Å²) in [6.45, 7) is 5.83. The van der Waals surface area contributed by atoms with Gasteiger partial charge in [0.15, 0.2) is 5.13 Å². The highest BCUT2D eigenvalue weighted by Crippen LogP contribution is 2.18. The van der Waals surface area contributed by atoms with E-state index >= 15 is 0 Å². The van der Waals surface area contributed by atoms with Gasteiger partial charge in [-0.05, 0) is 26.0 Å². The second-order valence-corrected chi connectivity index (χ2v) is 9.13. The molecule has 2 heterocycles. The molecule has 140 valence electrons. The third-order valence-corrected chi connectivity index (χ3v) is 7.01. The lowest BCUT2D eigenvalue weighted by Crippen LogP contribution is -2.50. The number of anilines is 1. The molecule has 0 bridgehead atoms. The van der Waals surface area contributed by atoms with Crippen molar-refractivity contribution < 1.29 is 13.2 Å². The molecule has 1 aromatic carbocycles. The van der Waals surface area contributed by atoms with Crippen molar-refractivity contribution in [3.63, 3.8) is 0 Å². The van der Waals surface area contributed by atoms with Crippen LogP contribution in [0, 0.1) is 13.8 Å². The average Bonchev–Trinajstić information content (AvgIpc) is 3.00. The molecule has 0 aliphatic carbocycles. The van der Waals surface area contributed by atoms with E-state index in [9.17, 15) is 13.2 Å². The van der Waals surface area contributed by atoms with Gasteiger partial charge in [-0.3, -0.25) is 9.69 Å². The highest BCUT2D eigenvalue weighted by molar-refractivity contribution is 7.89. The van der Waals surface area contributed by atoms with Crippen molar-refractivity contribution in [3.8, 4) is 0 Å². The van der Waals surface area contributed by atoms with Crippen LogP contribution < -0.4 is 5.32 Å². The largest absolute Gasteiger partial charge is 0.301 e. The molecular formula is C17H22N4O3S2. The maximum absolute atomic E-state index is 12.7. The molecule has 0 spiro atoms. The molecule has 1 aliphatic rings. The second kappa shape index (κ2) is 7.83. The molecule has 1 N–H and O–H groups in total. The van der Waals surface area contributed by atoms with Gasteiger partial charge in [0.25, 0.3) is 0 Å². The molecule has 7 nitrogen and oxygen atoms in total. The number of sulfonamides is 1. The Morgan fingerprint density at radius 2 is 1.81 bits per heavy atom. The SMILES string of the molecule is Cc1ccc(S(=O)(=O)N2CCN(CC(=O)Nc3nc(C)cs3)CC2)cc1. The van der Waals surface area contributed by atoms with Gasteiger partial charge in [-0.1, -0.05) is 17.7 Å². The summed E-state index contributed by atoms with van der Waals surface area (Å²) < 4.78 is 26.9. The third-order valence-electron chi connectivity index (χ3n) is 4.22. The molecular weight excluding hydrogens is 372 g/mol. The van der Waals surface area contributed by atoms with Crippen LogP contribution in [0.4, 0.5) is 5.13 Å². The Balaban J connectivity index is 1.53. The highest BCUT2D eigenvalue weighted by Gasteiger charge is 2.29. The lowest BCUT2D eigenvalue weighted by molar-refractivity contribution is -0.117. The quantitative estimate of drug-likeness (QED) is 0.835. The van der Waals surface area contributed by atoms with E-state index in [2.05, 4.69) is 10.3 Å². The summed E-state index contributed by atoms with van der Waals surface area (Å²) in [5.74, 6) is -0.130. The Labute approximate surface area is 157 Å². The number of amides is 1. The Hall–Kier alpha value is -1.81. The zero-order valence-corrected chi connectivity index (χ0v) is 16.4. The fourth-order valence-corrected chi connectivity index (χ4v) is 4.89. The number of nitrogens with zero attached hydrogens (tertiary/aromatic N) is 3. The molecule has 1 aliphatic heterocycles. The number of aromatic nitrogens is 1. The van der Waals surface area contributed by atoms with Crippen LogP contribution in [0.2, 0.25) is 0 Å². The maximum atomic E-state index is 12.7. The van der Waals surface area contributed by atoms with Crippen LogP contribution in [0.25, 0.3) is 0 Å². The Morgan fingerprint density at radius 3 is 2.38 bits per heavy atom. The van der Waals surface area contributed by atoms with E-state index in [0.29, 0.717) is 36.2 Å². The number of hydrogen-bond acceptors (Lipinski definition) is 6. The number of aryl methyl sites for hydroxylation is 2. The summed E-state index contributed by atoms with van der Waals surface area (Å²) in [4.78, 5) is 18.6. The van der Waals surface area contributed by atoms with E-state index < -0.39 is 10.0 Å². The van der Waals surface area contributed by atoms with Crippen LogP contribution in [0.5, 0.6) is 0 Å². The molecule has 0 radical (unpaired) electrons. The number of thiazole rings is 1. The lowest BCUT2D eigenvalue weighted by Gasteiger charge is -2.33. The Bertz CT molecular complexity index is 870. The lowest BCUT2D eigenvalue weighted by atomic mass is 10.2. The van der Waals surface area contributed by atoms with Crippen LogP contribution >= 0.6 is 11.3 Å². The number of benzene rings is 1. The number of piperazine rings is 1. The number of rotatable bonds is 5. The number of nitrogens with one attached hydrogen (secondary N) is 1. The zero-order valence-electron chi connectivity index (χ0n) is 14.8. The Kier molecular flexibility index (Phi) is 5.71. The molecule has 2 aromatic rings. The summed E-state index contributed by atoms with van der Waals surface area (Å²) in [5.41, 5.74) is 1.90. The maximum Gasteiger partial charge on any atom is 0.243 e. The van der Waals surface area contributed by atoms with Gasteiger partial charge in [-0.15, -0.1) is 11.3 Å². The molecule has 0 atom stereocenters. The van der Waals surface area contributed by atoms with Crippen molar-refractivity contribution in [2.24, 2.45) is 0 Å². The normalized spacial score (nSPS) is 16.5. The first-order valence-electron chi connectivity index (χ1n) is 8.36. The Morgan fingerprint density at radius 1 is 1.15 bits per heavy atom. The van der Waals surface area contributed by atoms with Gasteiger partial charge >= 0.3 is 0 Å². The molecule has 1 aromatic heterocycles. The molecule has 3 rings (SSSR count). The summed E-state index contributed by atoms with van der Waals surface area (Å²) in [6.07, 6.45) is 0. The van der Waals surface area contributed by atoms with Gasteiger partial charge in [-0.25, -0.2) is 13.4 Å². The van der Waals surface area contributed by atoms with Crippen molar-refractivity contribution in [2.75, 3.05) is 38.0 Å². The van der Waals surface area contributed by atoms with Gasteiger partial charge in [0.1, 0.15) is 0 Å². The predicted octanol–water partition coefficient (Wildman–Crippen LogP) is 1.70. The fourth-order valence-electron chi connectivity index (χ4n) is 2.76. The number of carbonyl (C=O) groups excluding carboxylic acids is 1. The summed E-state index contributed by atoms with van der Waals surface area (Å²) in [7, 11) is -3.48. The first-order chi connectivity index (χ1) is 12.3. The van der Waals surface area contributed by atoms with Gasteiger partial charge in [0, 0.05) is 31.6 Å². The first-order valence-corrected chi connectivity index (χ1v) is 10.7. The van der Waals surface area contributed by atoms with Crippen LogP contribution in [-0.4, -0.2) is 61.2 Å². The van der Waals surface area contributed by atoms with E-state index in [-0.39, 0.29) is 12.5 Å². The van der Waals surface area contributed by atoms with Crippen molar-refractivity contribution in [3.05, 3.63) is 40.9 Å². The van der Waals surface area contributed by atoms with E-state index in [1.54, 1.807) is 24.3 Å². The minimum Gasteiger partial charge on any atom is -0.301 e. The van der Waals surface area contributed by atoms with Crippen molar-refractivity contribution in [1.82, 2.24) is 14.2 Å². The predicted molar refractivity (Wildman–Crippen MR) is 102 cm³/mol. The van der Waals surface area contributed by atoms with Crippen molar-refractivity contribution in [1.29, 1.82) is 0 Å². The van der Waals surface area contributed by atoms with Crippen LogP contribution in [-0.2, 0) is 14.8 Å². The molecule has 0 unspecified atom stereocenters. The van der Waals surface area contributed by atoms with Gasteiger partial charge in [-0.2, -0.15) is 4.31 Å². The summed E-state index contributed by atoms with van der Waals surface area (Å²) >= 11 is 1.39. The van der Waals surface area contributed by atoms with Gasteiger partial charge < -0.3 is 5.32 Å². The highest BCUT2D eigenvalue weighted by atomic mass is 32.2. The van der Waals surface area contributed by atoms with Crippen molar-refractivity contribution >= 4 is 32.4 Å². The smallest absolute Gasteiger partial charge is 0.243 e. The monoisotopic (exact) mass is 394 g/mol. The molecule has 1 saturated heterocycles. The van der Waals surface area contributed by atoms with Crippen LogP contribution in [0.1, 0.15) is 11.3 Å². The first kappa shape index (κ1) is 19.0. The van der Waals surface area contributed by atoms with E-state index in [1.807, 2.05) is 24.1 Å². The minimum absolute atomic E-state index is 0.130. The fraction of sp³-hybridized carbons (Fsp3) is 0.412. The molecule has 0 saturated carbocycles. The average molecular weight is 395 g/mol.